The zero-order valence-corrected chi connectivity index (χ0v) is 15.9. The predicted octanol–water partition coefficient (Wildman–Crippen LogP) is 4.26. The summed E-state index contributed by atoms with van der Waals surface area (Å²) in [5.41, 5.74) is 1.90. The second kappa shape index (κ2) is 7.16. The first-order chi connectivity index (χ1) is 13.4. The van der Waals surface area contributed by atoms with Crippen molar-refractivity contribution >= 4 is 15.7 Å². The molecule has 0 radical (unpaired) electrons. The molecule has 4 rings (SSSR count). The Balaban J connectivity index is 1.77. The fraction of sp³-hybridized carbons (Fsp3) is 0.143. The first kappa shape index (κ1) is 18.3. The Morgan fingerprint density at radius 2 is 1.71 bits per heavy atom. The summed E-state index contributed by atoms with van der Waals surface area (Å²) < 4.78 is 52.4. The van der Waals surface area contributed by atoms with Crippen LogP contribution in [0.15, 0.2) is 71.6 Å². The maximum Gasteiger partial charge on any atom is 0.264 e. The van der Waals surface area contributed by atoms with Crippen LogP contribution in [0.25, 0.3) is 0 Å². The Labute approximate surface area is 163 Å². The van der Waals surface area contributed by atoms with Gasteiger partial charge in [0.1, 0.15) is 5.82 Å². The van der Waals surface area contributed by atoms with Gasteiger partial charge in [-0.3, -0.25) is 4.31 Å². The van der Waals surface area contributed by atoms with Crippen LogP contribution in [0.3, 0.4) is 0 Å². The third-order valence-electron chi connectivity index (χ3n) is 4.47. The number of ether oxygens (including phenoxy) is 2. The van der Waals surface area contributed by atoms with Gasteiger partial charge in [0.25, 0.3) is 10.0 Å². The quantitative estimate of drug-likeness (QED) is 0.643. The smallest absolute Gasteiger partial charge is 0.264 e. The summed E-state index contributed by atoms with van der Waals surface area (Å²) in [4.78, 5) is 0.142. The van der Waals surface area contributed by atoms with Gasteiger partial charge < -0.3 is 9.47 Å². The van der Waals surface area contributed by atoms with Gasteiger partial charge in [0.05, 0.1) is 17.1 Å². The highest BCUT2D eigenvalue weighted by Gasteiger charge is 2.26. The zero-order valence-electron chi connectivity index (χ0n) is 15.1. The number of hydrogen-bond donors (Lipinski definition) is 0. The molecule has 0 fully saturated rings. The third kappa shape index (κ3) is 3.53. The van der Waals surface area contributed by atoms with Gasteiger partial charge in [0.2, 0.25) is 6.79 Å². The van der Waals surface area contributed by atoms with Crippen LogP contribution >= 0.6 is 0 Å². The normalized spacial score (nSPS) is 12.8. The van der Waals surface area contributed by atoms with Crippen molar-refractivity contribution in [2.75, 3.05) is 11.1 Å². The van der Waals surface area contributed by atoms with Crippen LogP contribution in [0, 0.1) is 12.7 Å². The fourth-order valence-electron chi connectivity index (χ4n) is 2.99. The van der Waals surface area contributed by atoms with E-state index in [0.717, 1.165) is 5.56 Å². The van der Waals surface area contributed by atoms with Gasteiger partial charge in [-0.2, -0.15) is 0 Å². The van der Waals surface area contributed by atoms with Gasteiger partial charge in [-0.15, -0.1) is 0 Å². The number of fused-ring (bicyclic) bond motifs is 1. The molecule has 0 aromatic heterocycles. The molecule has 0 atom stereocenters. The number of anilines is 1. The number of sulfonamides is 1. The van der Waals surface area contributed by atoms with Gasteiger partial charge in [-0.1, -0.05) is 29.8 Å². The molecule has 3 aromatic carbocycles. The Hall–Kier alpha value is -3.06. The monoisotopic (exact) mass is 399 g/mol. The van der Waals surface area contributed by atoms with Crippen molar-refractivity contribution in [3.63, 3.8) is 0 Å². The summed E-state index contributed by atoms with van der Waals surface area (Å²) in [5, 5.41) is 0. The molecule has 0 spiro atoms. The standard InChI is InChI=1S/C21H18FNO4S/c1-15-5-8-19(9-6-15)28(24,25)23(18-4-2-3-17(22)12-18)13-16-7-10-20-21(11-16)27-14-26-20/h2-12H,13-14H2,1H3. The highest BCUT2D eigenvalue weighted by atomic mass is 32.2. The van der Waals surface area contributed by atoms with Crippen LogP contribution in [0.2, 0.25) is 0 Å². The van der Waals surface area contributed by atoms with E-state index >= 15 is 0 Å². The highest BCUT2D eigenvalue weighted by Crippen LogP contribution is 2.34. The zero-order chi connectivity index (χ0) is 19.7. The molecule has 3 aromatic rings. The number of benzene rings is 3. The molecule has 1 heterocycles. The molecule has 1 aliphatic heterocycles. The average molecular weight is 399 g/mol. The second-order valence-corrected chi connectivity index (χ2v) is 8.35. The van der Waals surface area contributed by atoms with Crippen LogP contribution in [0.4, 0.5) is 10.1 Å². The first-order valence-electron chi connectivity index (χ1n) is 8.67. The molecular weight excluding hydrogens is 381 g/mol. The maximum atomic E-state index is 13.8. The minimum absolute atomic E-state index is 0.0241. The summed E-state index contributed by atoms with van der Waals surface area (Å²) in [6.07, 6.45) is 0. The average Bonchev–Trinajstić information content (AvgIpc) is 3.14. The van der Waals surface area contributed by atoms with E-state index in [1.807, 2.05) is 6.92 Å². The lowest BCUT2D eigenvalue weighted by molar-refractivity contribution is 0.174. The van der Waals surface area contributed by atoms with E-state index in [0.29, 0.717) is 17.1 Å². The van der Waals surface area contributed by atoms with Crippen LogP contribution in [-0.2, 0) is 16.6 Å². The molecule has 0 bridgehead atoms. The van der Waals surface area contributed by atoms with Crippen molar-refractivity contribution in [1.29, 1.82) is 0 Å². The van der Waals surface area contributed by atoms with E-state index in [9.17, 15) is 12.8 Å². The lowest BCUT2D eigenvalue weighted by Gasteiger charge is -2.25. The van der Waals surface area contributed by atoms with Gasteiger partial charge in [-0.25, -0.2) is 12.8 Å². The molecule has 0 amide bonds. The summed E-state index contributed by atoms with van der Waals surface area (Å²) >= 11 is 0. The molecule has 7 heteroatoms. The number of hydrogen-bond acceptors (Lipinski definition) is 4. The Morgan fingerprint density at radius 1 is 0.964 bits per heavy atom. The number of halogens is 1. The van der Waals surface area contributed by atoms with Crippen molar-refractivity contribution in [3.8, 4) is 11.5 Å². The molecule has 1 aliphatic rings. The summed E-state index contributed by atoms with van der Waals surface area (Å²) in [5.74, 6) is 0.666. The number of aryl methyl sites for hydroxylation is 1. The van der Waals surface area contributed by atoms with Gasteiger partial charge in [-0.05, 0) is 55.0 Å². The molecule has 0 saturated carbocycles. The van der Waals surface area contributed by atoms with Crippen molar-refractivity contribution in [1.82, 2.24) is 0 Å². The van der Waals surface area contributed by atoms with Gasteiger partial charge in [0, 0.05) is 0 Å². The van der Waals surface area contributed by atoms with E-state index in [4.69, 9.17) is 9.47 Å². The van der Waals surface area contributed by atoms with Crippen LogP contribution < -0.4 is 13.8 Å². The molecule has 0 N–H and O–H groups in total. The SMILES string of the molecule is Cc1ccc(S(=O)(=O)N(Cc2ccc3c(c2)OCO3)c2cccc(F)c2)cc1. The third-order valence-corrected chi connectivity index (χ3v) is 6.26. The first-order valence-corrected chi connectivity index (χ1v) is 10.1. The Morgan fingerprint density at radius 3 is 2.46 bits per heavy atom. The lowest BCUT2D eigenvalue weighted by atomic mass is 10.2. The molecule has 0 unspecified atom stereocenters. The predicted molar refractivity (Wildman–Crippen MR) is 104 cm³/mol. The van der Waals surface area contributed by atoms with Gasteiger partial charge >= 0.3 is 0 Å². The summed E-state index contributed by atoms with van der Waals surface area (Å²) in [6, 6.07) is 17.4. The van der Waals surface area contributed by atoms with Crippen molar-refractivity contribution < 1.29 is 22.3 Å². The van der Waals surface area contributed by atoms with Crippen LogP contribution in [0.5, 0.6) is 11.5 Å². The topological polar surface area (TPSA) is 55.8 Å². The Bertz CT molecular complexity index is 1110. The number of nitrogens with zero attached hydrogens (tertiary/aromatic N) is 1. The van der Waals surface area contributed by atoms with E-state index in [-0.39, 0.29) is 23.9 Å². The van der Waals surface area contributed by atoms with Gasteiger partial charge in [0.15, 0.2) is 11.5 Å². The van der Waals surface area contributed by atoms with E-state index in [1.54, 1.807) is 48.5 Å². The van der Waals surface area contributed by atoms with E-state index in [2.05, 4.69) is 0 Å². The van der Waals surface area contributed by atoms with E-state index < -0.39 is 15.8 Å². The van der Waals surface area contributed by atoms with Crippen molar-refractivity contribution in [2.45, 2.75) is 18.4 Å². The minimum atomic E-state index is -3.91. The van der Waals surface area contributed by atoms with Crippen LogP contribution in [0.1, 0.15) is 11.1 Å². The molecule has 144 valence electrons. The second-order valence-electron chi connectivity index (χ2n) is 6.49. The minimum Gasteiger partial charge on any atom is -0.454 e. The molecule has 0 saturated heterocycles. The van der Waals surface area contributed by atoms with Crippen molar-refractivity contribution in [2.24, 2.45) is 0 Å². The number of rotatable bonds is 5. The largest absolute Gasteiger partial charge is 0.454 e. The van der Waals surface area contributed by atoms with Crippen molar-refractivity contribution in [3.05, 3.63) is 83.7 Å². The molecular formula is C21H18FNO4S. The van der Waals surface area contributed by atoms with Crippen LogP contribution in [-0.4, -0.2) is 15.2 Å². The maximum absolute atomic E-state index is 13.8. The molecule has 5 nitrogen and oxygen atoms in total. The highest BCUT2D eigenvalue weighted by molar-refractivity contribution is 7.92. The molecule has 0 aliphatic carbocycles. The fourth-order valence-corrected chi connectivity index (χ4v) is 4.43. The lowest BCUT2D eigenvalue weighted by Crippen LogP contribution is -2.30. The summed E-state index contributed by atoms with van der Waals surface area (Å²) in [6.45, 7) is 2.04. The Kier molecular flexibility index (Phi) is 4.68. The summed E-state index contributed by atoms with van der Waals surface area (Å²) in [7, 11) is -3.91. The molecule has 28 heavy (non-hydrogen) atoms. The van der Waals surface area contributed by atoms with E-state index in [1.165, 1.54) is 22.5 Å².